The third kappa shape index (κ3) is 4.21. The molecule has 2 aliphatic rings. The van der Waals surface area contributed by atoms with Gasteiger partial charge in [-0.3, -0.25) is 14.5 Å². The monoisotopic (exact) mass is 475 g/mol. The zero-order valence-electron chi connectivity index (χ0n) is 18.2. The van der Waals surface area contributed by atoms with Crippen molar-refractivity contribution in [3.63, 3.8) is 0 Å². The van der Waals surface area contributed by atoms with Crippen LogP contribution in [0.4, 0.5) is 10.8 Å². The van der Waals surface area contributed by atoms with Crippen LogP contribution in [-0.4, -0.2) is 44.1 Å². The molecule has 0 N–H and O–H groups in total. The van der Waals surface area contributed by atoms with Gasteiger partial charge in [0.15, 0.2) is 5.13 Å². The average Bonchev–Trinajstić information content (AvgIpc) is 3.40. The number of halogens is 1. The molecule has 9 heteroatoms. The number of fused-ring (bicyclic) bond motifs is 1. The summed E-state index contributed by atoms with van der Waals surface area (Å²) in [4.78, 5) is 35.6. The second-order valence-corrected chi connectivity index (χ2v) is 9.34. The maximum atomic E-state index is 13.5. The van der Waals surface area contributed by atoms with Gasteiger partial charge < -0.3 is 14.4 Å². The van der Waals surface area contributed by atoms with Crippen molar-refractivity contribution in [1.82, 2.24) is 4.98 Å². The number of ether oxygens (including phenoxy) is 2. The molecule has 0 unspecified atom stereocenters. The Labute approximate surface area is 196 Å². The van der Waals surface area contributed by atoms with Crippen LogP contribution in [0.15, 0.2) is 24.8 Å². The van der Waals surface area contributed by atoms with Crippen LogP contribution in [0.5, 0.6) is 11.5 Å². The number of carbonyl (C=O) groups excluding carboxylic acids is 2. The molecule has 2 heterocycles. The van der Waals surface area contributed by atoms with Crippen LogP contribution in [0.3, 0.4) is 0 Å². The van der Waals surface area contributed by atoms with E-state index in [9.17, 15) is 9.59 Å². The van der Waals surface area contributed by atoms with E-state index in [0.717, 1.165) is 31.4 Å². The SMILES string of the molecule is C=CCN(C(=O)[C@@H]1CC(=O)N(c2cc(Cl)c(OC)cc2OC)C1)c1nc2c(s1)CCCC2. The molecule has 1 atom stereocenters. The first-order valence-electron chi connectivity index (χ1n) is 10.6. The minimum atomic E-state index is -0.492. The van der Waals surface area contributed by atoms with Gasteiger partial charge in [0, 0.05) is 30.5 Å². The summed E-state index contributed by atoms with van der Waals surface area (Å²) in [7, 11) is 3.03. The van der Waals surface area contributed by atoms with E-state index in [0.29, 0.717) is 33.9 Å². The number of hydrogen-bond donors (Lipinski definition) is 0. The molecule has 1 saturated heterocycles. The minimum absolute atomic E-state index is 0.115. The fourth-order valence-electron chi connectivity index (χ4n) is 4.23. The maximum Gasteiger partial charge on any atom is 0.234 e. The lowest BCUT2D eigenvalue weighted by Gasteiger charge is -2.23. The molecule has 0 saturated carbocycles. The lowest BCUT2D eigenvalue weighted by Crippen LogP contribution is -2.37. The zero-order chi connectivity index (χ0) is 22.8. The molecule has 1 aliphatic carbocycles. The predicted octanol–water partition coefficient (Wildman–Crippen LogP) is 4.26. The van der Waals surface area contributed by atoms with Gasteiger partial charge >= 0.3 is 0 Å². The lowest BCUT2D eigenvalue weighted by molar-refractivity contribution is -0.124. The summed E-state index contributed by atoms with van der Waals surface area (Å²) in [5, 5.41) is 1.06. The molecule has 0 spiro atoms. The van der Waals surface area contributed by atoms with Crippen LogP contribution in [0.25, 0.3) is 0 Å². The number of hydrogen-bond acceptors (Lipinski definition) is 6. The van der Waals surface area contributed by atoms with Crippen molar-refractivity contribution in [2.45, 2.75) is 32.1 Å². The van der Waals surface area contributed by atoms with Gasteiger partial charge in [-0.05, 0) is 31.7 Å². The highest BCUT2D eigenvalue weighted by Crippen LogP contribution is 2.41. The molecule has 0 radical (unpaired) electrons. The highest BCUT2D eigenvalue weighted by Gasteiger charge is 2.39. The molecule has 2 amide bonds. The molecule has 4 rings (SSSR count). The largest absolute Gasteiger partial charge is 0.495 e. The molecular formula is C23H26ClN3O4S. The molecule has 1 aromatic carbocycles. The van der Waals surface area contributed by atoms with Crippen molar-refractivity contribution in [1.29, 1.82) is 0 Å². The summed E-state index contributed by atoms with van der Waals surface area (Å²) in [5.74, 6) is 0.152. The van der Waals surface area contributed by atoms with E-state index < -0.39 is 5.92 Å². The second kappa shape index (κ2) is 9.50. The summed E-state index contributed by atoms with van der Waals surface area (Å²) in [6.07, 6.45) is 6.06. The maximum absolute atomic E-state index is 13.5. The van der Waals surface area contributed by atoms with E-state index in [1.165, 1.54) is 19.1 Å². The molecule has 0 bridgehead atoms. The highest BCUT2D eigenvalue weighted by atomic mass is 35.5. The Bertz CT molecular complexity index is 1030. The van der Waals surface area contributed by atoms with E-state index in [1.54, 1.807) is 39.3 Å². The Morgan fingerprint density at radius 2 is 2.06 bits per heavy atom. The summed E-state index contributed by atoms with van der Waals surface area (Å²) in [6.45, 7) is 4.41. The first-order valence-corrected chi connectivity index (χ1v) is 11.8. The van der Waals surface area contributed by atoms with Crippen LogP contribution in [0.1, 0.15) is 29.8 Å². The number of thiazole rings is 1. The van der Waals surface area contributed by atoms with Crippen molar-refractivity contribution in [2.24, 2.45) is 5.92 Å². The van der Waals surface area contributed by atoms with E-state index >= 15 is 0 Å². The van der Waals surface area contributed by atoms with Crippen LogP contribution in [-0.2, 0) is 22.4 Å². The van der Waals surface area contributed by atoms with Crippen molar-refractivity contribution in [3.05, 3.63) is 40.4 Å². The number of methoxy groups -OCH3 is 2. The Kier molecular flexibility index (Phi) is 6.71. The lowest BCUT2D eigenvalue weighted by atomic mass is 10.0. The molecule has 1 aromatic heterocycles. The summed E-state index contributed by atoms with van der Waals surface area (Å²) in [6, 6.07) is 3.28. The van der Waals surface area contributed by atoms with E-state index in [4.69, 9.17) is 26.1 Å². The van der Waals surface area contributed by atoms with Gasteiger partial charge in [0.05, 0.1) is 36.5 Å². The molecular weight excluding hydrogens is 450 g/mol. The molecule has 7 nitrogen and oxygen atoms in total. The van der Waals surface area contributed by atoms with Crippen molar-refractivity contribution in [2.75, 3.05) is 37.1 Å². The Morgan fingerprint density at radius 3 is 2.75 bits per heavy atom. The van der Waals surface area contributed by atoms with Gasteiger partial charge in [-0.1, -0.05) is 17.7 Å². The number of carbonyl (C=O) groups is 2. The average molecular weight is 476 g/mol. The number of aryl methyl sites for hydroxylation is 2. The quantitative estimate of drug-likeness (QED) is 0.559. The number of amides is 2. The Hall–Kier alpha value is -2.58. The van der Waals surface area contributed by atoms with Gasteiger partial charge in [-0.2, -0.15) is 0 Å². The minimum Gasteiger partial charge on any atom is -0.495 e. The fraction of sp³-hybridized carbons (Fsp3) is 0.435. The summed E-state index contributed by atoms with van der Waals surface area (Å²) >= 11 is 7.87. The molecule has 1 fully saturated rings. The van der Waals surface area contributed by atoms with Crippen molar-refractivity contribution in [3.8, 4) is 11.5 Å². The number of nitrogens with zero attached hydrogens (tertiary/aromatic N) is 3. The number of aromatic nitrogens is 1. The van der Waals surface area contributed by atoms with Crippen LogP contribution >= 0.6 is 22.9 Å². The van der Waals surface area contributed by atoms with Gasteiger partial charge in [0.25, 0.3) is 0 Å². The predicted molar refractivity (Wildman–Crippen MR) is 126 cm³/mol. The summed E-state index contributed by atoms with van der Waals surface area (Å²) < 4.78 is 10.7. The van der Waals surface area contributed by atoms with Crippen LogP contribution in [0, 0.1) is 5.92 Å². The second-order valence-electron chi connectivity index (χ2n) is 7.87. The smallest absolute Gasteiger partial charge is 0.234 e. The molecule has 1 aliphatic heterocycles. The normalized spacial score (nSPS) is 17.8. The van der Waals surface area contributed by atoms with Gasteiger partial charge in [-0.15, -0.1) is 17.9 Å². The highest BCUT2D eigenvalue weighted by molar-refractivity contribution is 7.16. The zero-order valence-corrected chi connectivity index (χ0v) is 19.8. The molecule has 32 heavy (non-hydrogen) atoms. The van der Waals surface area contributed by atoms with E-state index in [-0.39, 0.29) is 24.8 Å². The van der Waals surface area contributed by atoms with Crippen molar-refractivity contribution < 1.29 is 19.1 Å². The number of anilines is 2. The van der Waals surface area contributed by atoms with Gasteiger partial charge in [-0.25, -0.2) is 4.98 Å². The molecule has 2 aromatic rings. The summed E-state index contributed by atoms with van der Waals surface area (Å²) in [5.41, 5.74) is 1.62. The van der Waals surface area contributed by atoms with E-state index in [1.807, 2.05) is 0 Å². The van der Waals surface area contributed by atoms with Gasteiger partial charge in [0.1, 0.15) is 11.5 Å². The number of rotatable bonds is 7. The van der Waals surface area contributed by atoms with E-state index in [2.05, 4.69) is 6.58 Å². The standard InChI is InChI=1S/C23H26ClN3O4S/c1-4-9-26(23-25-16-7-5-6-8-20(16)32-23)22(29)14-10-21(28)27(13-14)17-11-15(24)18(30-2)12-19(17)31-3/h4,11-12,14H,1,5-10,13H2,2-3H3/t14-/m1/s1. The Balaban J connectivity index is 1.58. The van der Waals surface area contributed by atoms with Crippen molar-refractivity contribution >= 4 is 45.6 Å². The third-order valence-corrected chi connectivity index (χ3v) is 7.34. The topological polar surface area (TPSA) is 72.0 Å². The third-order valence-electron chi connectivity index (χ3n) is 5.86. The van der Waals surface area contributed by atoms with Crippen LogP contribution < -0.4 is 19.3 Å². The van der Waals surface area contributed by atoms with Crippen LogP contribution in [0.2, 0.25) is 5.02 Å². The fourth-order valence-corrected chi connectivity index (χ4v) is 5.62. The number of benzene rings is 1. The van der Waals surface area contributed by atoms with Gasteiger partial charge in [0.2, 0.25) is 11.8 Å². The Morgan fingerprint density at radius 1 is 1.31 bits per heavy atom. The first kappa shape index (κ1) is 22.6. The first-order chi connectivity index (χ1) is 15.5. The molecule has 170 valence electrons.